The largest absolute Gasteiger partial charge is 0.481 e. The van der Waals surface area contributed by atoms with Crippen LogP contribution in [0, 0.1) is 18.6 Å². The van der Waals surface area contributed by atoms with Crippen LogP contribution in [0.25, 0.3) is 11.1 Å². The molecule has 2 aliphatic heterocycles. The normalized spacial score (nSPS) is 19.4. The van der Waals surface area contributed by atoms with Crippen LogP contribution in [0.4, 0.5) is 22.0 Å². The number of likely N-dealkylation sites (tertiary alicyclic amines) is 1. The van der Waals surface area contributed by atoms with E-state index in [9.17, 15) is 37.1 Å². The number of aryl methyl sites for hydroxylation is 4. The Hall–Kier alpha value is -4.17. The number of ether oxygens (including phenoxy) is 1. The van der Waals surface area contributed by atoms with Gasteiger partial charge in [0.1, 0.15) is 17.7 Å². The highest BCUT2D eigenvalue weighted by Gasteiger charge is 2.38. The van der Waals surface area contributed by atoms with Crippen LogP contribution in [-0.2, 0) is 39.8 Å². The summed E-state index contributed by atoms with van der Waals surface area (Å²) in [5.74, 6) is -4.62. The molecule has 1 saturated heterocycles. The monoisotopic (exact) mass is 746 g/mol. The SMILES string of the molecule is CCc1nc(=O)n([C@H]2CCCCCCCc3cc(F)cc(C)c3-c3cc(c(F)c(C(F)(F)F)c3)[C@H](CC(=O)O)NC2=O)cc1CCCN1CC(OC)C1. The Morgan fingerprint density at radius 2 is 1.77 bits per heavy atom. The van der Waals surface area contributed by atoms with E-state index in [1.807, 2.05) is 6.92 Å². The number of rotatable bonds is 9. The van der Waals surface area contributed by atoms with Crippen LogP contribution in [0.1, 0.15) is 104 Å². The van der Waals surface area contributed by atoms with Gasteiger partial charge in [-0.1, -0.05) is 32.6 Å². The van der Waals surface area contributed by atoms with Crippen LogP contribution in [0.2, 0.25) is 0 Å². The predicted octanol–water partition coefficient (Wildman–Crippen LogP) is 7.11. The minimum atomic E-state index is -5.18. The molecule has 1 amide bonds. The maximum absolute atomic E-state index is 16.0. The van der Waals surface area contributed by atoms with Gasteiger partial charge in [-0.25, -0.2) is 13.6 Å². The zero-order valence-electron chi connectivity index (χ0n) is 30.3. The molecule has 0 unspecified atom stereocenters. The first-order valence-electron chi connectivity index (χ1n) is 18.3. The fraction of sp³-hybridized carbons (Fsp3) is 0.538. The topological polar surface area (TPSA) is 114 Å². The van der Waals surface area contributed by atoms with Crippen LogP contribution in [0.3, 0.4) is 0 Å². The third kappa shape index (κ3) is 9.69. The van der Waals surface area contributed by atoms with Gasteiger partial charge in [0.2, 0.25) is 5.91 Å². The summed E-state index contributed by atoms with van der Waals surface area (Å²) in [6.07, 6.45) is 1.21. The molecule has 14 heteroatoms. The van der Waals surface area contributed by atoms with E-state index >= 15 is 4.39 Å². The number of amides is 1. The van der Waals surface area contributed by atoms with E-state index in [2.05, 4.69) is 15.2 Å². The van der Waals surface area contributed by atoms with Crippen LogP contribution in [0.15, 0.2) is 35.3 Å². The number of carboxylic acids is 1. The van der Waals surface area contributed by atoms with E-state index < -0.39 is 65.0 Å². The summed E-state index contributed by atoms with van der Waals surface area (Å²) in [6, 6.07) is 1.26. The molecule has 1 aromatic heterocycles. The number of carboxylic acid groups (broad SMARTS) is 1. The number of carbonyl (C=O) groups is 2. The fourth-order valence-corrected chi connectivity index (χ4v) is 7.56. The van der Waals surface area contributed by atoms with Gasteiger partial charge in [-0.3, -0.25) is 19.1 Å². The highest BCUT2D eigenvalue weighted by molar-refractivity contribution is 5.82. The molecule has 1 fully saturated rings. The molecule has 2 aliphatic rings. The van der Waals surface area contributed by atoms with Crippen molar-refractivity contribution in [2.24, 2.45) is 0 Å². The van der Waals surface area contributed by atoms with Crippen molar-refractivity contribution in [3.05, 3.63) is 86.1 Å². The zero-order valence-corrected chi connectivity index (χ0v) is 30.3. The number of aliphatic carboxylic acids is 1. The maximum atomic E-state index is 16.0. The van der Waals surface area contributed by atoms with E-state index in [0.29, 0.717) is 67.8 Å². The van der Waals surface area contributed by atoms with E-state index in [1.54, 1.807) is 20.2 Å². The molecule has 3 aromatic rings. The molecule has 2 aromatic carbocycles. The van der Waals surface area contributed by atoms with Crippen molar-refractivity contribution in [2.75, 3.05) is 26.7 Å². The Morgan fingerprint density at radius 3 is 2.45 bits per heavy atom. The minimum Gasteiger partial charge on any atom is -0.481 e. The van der Waals surface area contributed by atoms with Crippen molar-refractivity contribution in [1.29, 1.82) is 0 Å². The van der Waals surface area contributed by atoms with Gasteiger partial charge in [0.05, 0.1) is 29.8 Å². The number of fused-ring (bicyclic) bond motifs is 4. The lowest BCUT2D eigenvalue weighted by atomic mass is 9.87. The molecule has 53 heavy (non-hydrogen) atoms. The number of hydrogen-bond acceptors (Lipinski definition) is 6. The fourth-order valence-electron chi connectivity index (χ4n) is 7.56. The number of benzene rings is 2. The van der Waals surface area contributed by atoms with Crippen molar-refractivity contribution in [3.8, 4) is 11.1 Å². The van der Waals surface area contributed by atoms with Gasteiger partial charge >= 0.3 is 17.8 Å². The standard InChI is InChI=1S/C39H47F5N4O5/c1-4-31-25(12-10-14-47-21-28(22-47)53-3)20-48(38(52)46-31)33-13-9-7-5-6-8-11-24-16-27(40)15-23(2)35(24)26-17-29(32(19-34(49)50)45-37(33)51)36(41)30(18-26)39(42,43)44/h15-18,20,28,32-33H,4-14,19,21-22H2,1-3H3,(H,45,51)(H,49,50)/t32-,33-/m0/s1. The molecular weight excluding hydrogens is 699 g/mol. The van der Waals surface area contributed by atoms with E-state index in [1.165, 1.54) is 16.7 Å². The number of alkyl halides is 3. The quantitative estimate of drug-likeness (QED) is 0.225. The maximum Gasteiger partial charge on any atom is 0.419 e. The average molecular weight is 747 g/mol. The molecule has 0 spiro atoms. The molecule has 0 radical (unpaired) electrons. The number of methoxy groups -OCH3 is 1. The third-order valence-corrected chi connectivity index (χ3v) is 10.3. The number of carbonyl (C=O) groups excluding carboxylic acids is 1. The van der Waals surface area contributed by atoms with Gasteiger partial charge in [0.25, 0.3) is 0 Å². The van der Waals surface area contributed by atoms with Crippen molar-refractivity contribution >= 4 is 11.9 Å². The van der Waals surface area contributed by atoms with Crippen LogP contribution < -0.4 is 11.0 Å². The predicted molar refractivity (Wildman–Crippen MR) is 189 cm³/mol. The first kappa shape index (κ1) is 40.0. The molecule has 5 rings (SSSR count). The molecule has 3 heterocycles. The Bertz CT molecular complexity index is 1860. The first-order valence-corrected chi connectivity index (χ1v) is 18.3. The molecule has 9 nitrogen and oxygen atoms in total. The summed E-state index contributed by atoms with van der Waals surface area (Å²) in [7, 11) is 1.68. The summed E-state index contributed by atoms with van der Waals surface area (Å²) < 4.78 is 80.4. The second-order valence-electron chi connectivity index (χ2n) is 14.1. The number of halogens is 5. The van der Waals surface area contributed by atoms with Gasteiger partial charge in [-0.15, -0.1) is 0 Å². The number of aromatic nitrogens is 2. The lowest BCUT2D eigenvalue weighted by Crippen LogP contribution is -2.51. The van der Waals surface area contributed by atoms with Crippen LogP contribution in [-0.4, -0.2) is 64.3 Å². The number of nitrogens with one attached hydrogen (secondary N) is 1. The van der Waals surface area contributed by atoms with Crippen LogP contribution >= 0.6 is 0 Å². The molecule has 0 saturated carbocycles. The van der Waals surface area contributed by atoms with Crippen molar-refractivity contribution < 1.29 is 41.4 Å². The van der Waals surface area contributed by atoms with Crippen molar-refractivity contribution in [2.45, 2.75) is 109 Å². The molecule has 2 N–H and O–H groups in total. The smallest absolute Gasteiger partial charge is 0.419 e. The molecule has 0 aliphatic carbocycles. The summed E-state index contributed by atoms with van der Waals surface area (Å²) in [5, 5.41) is 12.4. The average Bonchev–Trinajstić information content (AvgIpc) is 3.06. The van der Waals surface area contributed by atoms with Gasteiger partial charge in [0, 0.05) is 32.0 Å². The van der Waals surface area contributed by atoms with E-state index in [4.69, 9.17) is 4.74 Å². The Labute approximate surface area is 305 Å². The second kappa shape index (κ2) is 17.3. The molecule has 288 valence electrons. The van der Waals surface area contributed by atoms with Crippen LogP contribution in [0.5, 0.6) is 0 Å². The summed E-state index contributed by atoms with van der Waals surface area (Å²) in [4.78, 5) is 46.4. The summed E-state index contributed by atoms with van der Waals surface area (Å²) in [6.45, 7) is 5.87. The Balaban J connectivity index is 1.58. The lowest BCUT2D eigenvalue weighted by molar-refractivity contribution is -0.140. The Kier molecular flexibility index (Phi) is 13.1. The van der Waals surface area contributed by atoms with E-state index in [0.717, 1.165) is 44.1 Å². The number of hydrogen-bond donors (Lipinski definition) is 2. The third-order valence-electron chi connectivity index (χ3n) is 10.3. The first-order chi connectivity index (χ1) is 25.2. The van der Waals surface area contributed by atoms with Crippen molar-refractivity contribution in [3.63, 3.8) is 0 Å². The zero-order chi connectivity index (χ0) is 38.4. The van der Waals surface area contributed by atoms with Gasteiger partial charge < -0.3 is 15.2 Å². The molecule has 2 bridgehead atoms. The minimum absolute atomic E-state index is 0.0781. The highest BCUT2D eigenvalue weighted by atomic mass is 19.4. The van der Waals surface area contributed by atoms with Gasteiger partial charge in [-0.2, -0.15) is 18.2 Å². The molecular formula is C39H47F5N4O5. The van der Waals surface area contributed by atoms with Crippen molar-refractivity contribution in [1.82, 2.24) is 19.8 Å². The Morgan fingerprint density at radius 1 is 1.06 bits per heavy atom. The summed E-state index contributed by atoms with van der Waals surface area (Å²) >= 11 is 0. The van der Waals surface area contributed by atoms with E-state index in [-0.39, 0.29) is 23.7 Å². The summed E-state index contributed by atoms with van der Waals surface area (Å²) in [5.41, 5.74) is -0.656. The van der Waals surface area contributed by atoms with Gasteiger partial charge in [-0.05, 0) is 104 Å². The highest BCUT2D eigenvalue weighted by Crippen LogP contribution is 2.40. The van der Waals surface area contributed by atoms with Gasteiger partial charge in [0.15, 0.2) is 0 Å². The number of nitrogens with zero attached hydrogens (tertiary/aromatic N) is 3. The second-order valence-corrected chi connectivity index (χ2v) is 14.1. The molecule has 2 atom stereocenters. The lowest BCUT2D eigenvalue weighted by Gasteiger charge is -2.38.